The van der Waals surface area contributed by atoms with Gasteiger partial charge in [0.1, 0.15) is 36.3 Å². The van der Waals surface area contributed by atoms with E-state index >= 15 is 4.79 Å². The highest BCUT2D eigenvalue weighted by Crippen LogP contribution is 2.36. The Labute approximate surface area is 618 Å². The molecule has 2 aliphatic heterocycles. The van der Waals surface area contributed by atoms with E-state index in [4.69, 9.17) is 21.1 Å². The summed E-state index contributed by atoms with van der Waals surface area (Å²) in [6.07, 6.45) is 5.98. The van der Waals surface area contributed by atoms with Crippen LogP contribution in [0.2, 0.25) is 5.02 Å². The zero-order valence-corrected chi connectivity index (χ0v) is 64.3. The van der Waals surface area contributed by atoms with Gasteiger partial charge >= 0.3 is 6.18 Å². The van der Waals surface area contributed by atoms with Gasteiger partial charge in [-0.25, -0.2) is 0 Å². The summed E-state index contributed by atoms with van der Waals surface area (Å²) in [5, 5.41) is 7.85. The van der Waals surface area contributed by atoms with Crippen molar-refractivity contribution in [1.82, 2.24) is 60.0 Å². The van der Waals surface area contributed by atoms with E-state index in [2.05, 4.69) is 16.0 Å². The Kier molecular flexibility index (Phi) is 36.1. The van der Waals surface area contributed by atoms with Crippen LogP contribution in [0.3, 0.4) is 0 Å². The third-order valence-electron chi connectivity index (χ3n) is 21.1. The zero-order chi connectivity index (χ0) is 77.1. The first-order chi connectivity index (χ1) is 49.2. The number of ether oxygens (including phenoxy) is 2. The number of piperidine rings is 1. The molecule has 7 atom stereocenters. The van der Waals surface area contributed by atoms with Crippen molar-refractivity contribution in [3.8, 4) is 0 Å². The first-order valence-corrected chi connectivity index (χ1v) is 37.7. The maximum Gasteiger partial charge on any atom is 0.417 e. The number of halogens is 4. The van der Waals surface area contributed by atoms with Gasteiger partial charge in [-0.3, -0.25) is 57.5 Å². The monoisotopic (exact) mass is 1490 g/mol. The van der Waals surface area contributed by atoms with E-state index < -0.39 is 157 Å². The molecule has 0 spiro atoms. The smallest absolute Gasteiger partial charge is 0.382 e. The normalized spacial score (nSPS) is 24.3. The molecule has 2 saturated carbocycles. The molecule has 30 heteroatoms. The van der Waals surface area contributed by atoms with Gasteiger partial charge in [-0.2, -0.15) is 13.2 Å². The number of hydrogen-bond acceptors (Lipinski definition) is 14. The SMILES string of the molecule is CC[C@H](C)[C@@H]1NC(=O)[C@H](CC(C)C)N(C)C(=O)C[C@@H](C(=O)N2CCCCC2)N(C)C(=O)[C@H](C2CCCCC2)N(C)C(=O)CCCCNC(=O)CN(CCOCCOC)C(=O)[C@H](CCc2ccc(C(F)(F)F)c(Cl)c2)NC(=O)CN(C)C(=O)[C@H](CC2CCCCC2)N(C)C(=O)CN(C)C(=O)CN(C)C1=O. The number of benzene rings is 1. The van der Waals surface area contributed by atoms with E-state index in [1.807, 2.05) is 20.8 Å². The number of nitrogens with zero attached hydrogens (tertiary/aromatic N) is 9. The number of amides is 12. The van der Waals surface area contributed by atoms with Crippen LogP contribution in [-0.2, 0) is 79.6 Å². The number of rotatable bonds is 17. The second-order valence-electron chi connectivity index (χ2n) is 29.5. The van der Waals surface area contributed by atoms with Gasteiger partial charge in [-0.15, -0.1) is 0 Å². The number of aryl methyl sites for hydroxylation is 1. The Morgan fingerprint density at radius 3 is 1.86 bits per heavy atom. The van der Waals surface area contributed by atoms with Crippen molar-refractivity contribution in [1.29, 1.82) is 0 Å². The highest BCUT2D eigenvalue weighted by atomic mass is 35.5. The van der Waals surface area contributed by atoms with Gasteiger partial charge < -0.3 is 69.5 Å². The van der Waals surface area contributed by atoms with Gasteiger partial charge in [0.15, 0.2) is 0 Å². The summed E-state index contributed by atoms with van der Waals surface area (Å²) in [4.78, 5) is 187. The van der Waals surface area contributed by atoms with Crippen LogP contribution in [-0.4, -0.2) is 280 Å². The minimum atomic E-state index is -4.76. The predicted molar refractivity (Wildman–Crippen MR) is 386 cm³/mol. The van der Waals surface area contributed by atoms with E-state index in [0.29, 0.717) is 45.2 Å². The summed E-state index contributed by atoms with van der Waals surface area (Å²) < 4.78 is 52.3. The Balaban J connectivity index is 1.55. The quantitative estimate of drug-likeness (QED) is 0.156. The van der Waals surface area contributed by atoms with Crippen LogP contribution in [0, 0.1) is 23.7 Å². The zero-order valence-electron chi connectivity index (χ0n) is 63.6. The highest BCUT2D eigenvalue weighted by Gasteiger charge is 2.44. The highest BCUT2D eigenvalue weighted by molar-refractivity contribution is 6.31. The lowest BCUT2D eigenvalue weighted by Crippen LogP contribution is -2.60. The predicted octanol–water partition coefficient (Wildman–Crippen LogP) is 5.78. The molecular weight excluding hydrogens is 1370 g/mol. The van der Waals surface area contributed by atoms with Crippen LogP contribution in [0.25, 0.3) is 0 Å². The molecule has 0 radical (unpaired) electrons. The largest absolute Gasteiger partial charge is 0.417 e. The number of nitrogens with one attached hydrogen (secondary N) is 3. The molecule has 104 heavy (non-hydrogen) atoms. The minimum absolute atomic E-state index is 0.00738. The number of carbonyl (C=O) groups is 12. The fraction of sp³-hybridized carbons (Fsp3) is 0.757. The summed E-state index contributed by atoms with van der Waals surface area (Å²) in [7, 11) is 11.5. The topological polar surface area (TPSA) is 289 Å². The molecule has 1 aromatic rings. The van der Waals surface area contributed by atoms with Gasteiger partial charge in [0.25, 0.3) is 0 Å². The Morgan fingerprint density at radius 1 is 0.625 bits per heavy atom. The van der Waals surface area contributed by atoms with E-state index in [0.717, 1.165) is 84.6 Å². The third kappa shape index (κ3) is 26.4. The molecule has 4 aliphatic rings. The van der Waals surface area contributed by atoms with Crippen molar-refractivity contribution in [2.24, 2.45) is 23.7 Å². The second kappa shape index (κ2) is 42.9. The molecule has 2 saturated heterocycles. The second-order valence-corrected chi connectivity index (χ2v) is 29.9. The first-order valence-electron chi connectivity index (χ1n) is 37.3. The fourth-order valence-corrected chi connectivity index (χ4v) is 14.6. The molecule has 2 aliphatic carbocycles. The number of likely N-dealkylation sites (N-methyl/N-ethyl adjacent to an activating group) is 7. The molecule has 586 valence electrons. The van der Waals surface area contributed by atoms with Crippen molar-refractivity contribution >= 4 is 82.5 Å². The maximum atomic E-state index is 15.4. The average Bonchev–Trinajstić information content (AvgIpc) is 0.813. The minimum Gasteiger partial charge on any atom is -0.382 e. The van der Waals surface area contributed by atoms with Crippen LogP contribution in [0.4, 0.5) is 13.2 Å². The standard InChI is InChI=1S/C74H118ClF3N12O14/c1-13-50(4)66-72(101)84(7)47-64(95)82(5)48-65(96)86(9)58(43-51-25-17-14-18-26-51)70(99)83(6)45-61(92)80-56(33-31-52-30-32-54(55(75)42-52)74(76,77)78)69(98)90(37-38-104-40-39-103-12)46-60(91)79-34-22-21-29-62(93)88(11)67(53-27-19-15-20-28-53)73(102)87(10)59(71(100)89-35-23-16-24-36-89)44-63(94)85(8)57(41-49(2)3)68(97)81-66/h30,32,42,49-51,53,56-59,66-67H,13-29,31,33-41,43-48H2,1-12H3,(H,79,91)(H,80,92)(H,81,97)/t50-,56-,57-,58-,59-,66-,67-/m0/s1. The lowest BCUT2D eigenvalue weighted by molar-refractivity contribution is -0.155. The maximum absolute atomic E-state index is 15.4. The lowest BCUT2D eigenvalue weighted by Gasteiger charge is -2.41. The fourth-order valence-electron chi connectivity index (χ4n) is 14.3. The summed E-state index contributed by atoms with van der Waals surface area (Å²) >= 11 is 6.13. The molecule has 1 aromatic carbocycles. The molecule has 12 amide bonds. The number of hydrogen-bond donors (Lipinski definition) is 3. The van der Waals surface area contributed by atoms with Gasteiger partial charge in [0.2, 0.25) is 70.9 Å². The Morgan fingerprint density at radius 2 is 1.24 bits per heavy atom. The molecule has 0 aromatic heterocycles. The van der Waals surface area contributed by atoms with Crippen LogP contribution >= 0.6 is 11.6 Å². The summed E-state index contributed by atoms with van der Waals surface area (Å²) in [5.41, 5.74) is -0.791. The first kappa shape index (κ1) is 87.5. The van der Waals surface area contributed by atoms with Crippen molar-refractivity contribution in [3.05, 3.63) is 34.3 Å². The van der Waals surface area contributed by atoms with Crippen LogP contribution < -0.4 is 16.0 Å². The van der Waals surface area contributed by atoms with E-state index in [1.54, 1.807) is 18.9 Å². The molecule has 0 unspecified atom stereocenters. The van der Waals surface area contributed by atoms with E-state index in [9.17, 15) is 65.9 Å². The summed E-state index contributed by atoms with van der Waals surface area (Å²) in [6, 6.07) is -4.21. The lowest BCUT2D eigenvalue weighted by atomic mass is 9.82. The van der Waals surface area contributed by atoms with Crippen molar-refractivity contribution in [3.63, 3.8) is 0 Å². The van der Waals surface area contributed by atoms with Gasteiger partial charge in [-0.05, 0) is 112 Å². The molecular formula is C74H118ClF3N12O14. The average molecular weight is 1490 g/mol. The molecule has 2 heterocycles. The third-order valence-corrected chi connectivity index (χ3v) is 21.4. The molecule has 0 bridgehead atoms. The molecule has 4 fully saturated rings. The summed E-state index contributed by atoms with van der Waals surface area (Å²) in [6.45, 7) is 5.95. The van der Waals surface area contributed by atoms with Crippen molar-refractivity contribution < 1.29 is 80.2 Å². The number of methoxy groups -OCH3 is 1. The van der Waals surface area contributed by atoms with Crippen molar-refractivity contribution in [2.75, 3.05) is 129 Å². The van der Waals surface area contributed by atoms with Crippen LogP contribution in [0.15, 0.2) is 18.2 Å². The van der Waals surface area contributed by atoms with Gasteiger partial charge in [0.05, 0.1) is 63.0 Å². The number of alkyl halides is 3. The summed E-state index contributed by atoms with van der Waals surface area (Å²) in [5.74, 6) is -8.38. The van der Waals surface area contributed by atoms with Gasteiger partial charge in [0, 0.05) is 89.0 Å². The number of likely N-dealkylation sites (tertiary alicyclic amines) is 1. The van der Waals surface area contributed by atoms with Crippen molar-refractivity contribution in [2.45, 2.75) is 211 Å². The van der Waals surface area contributed by atoms with Crippen LogP contribution in [0.5, 0.6) is 0 Å². The number of carbonyl (C=O) groups excluding carboxylic acids is 12. The molecule has 26 nitrogen and oxygen atoms in total. The Bertz CT molecular complexity index is 3060. The van der Waals surface area contributed by atoms with E-state index in [1.165, 1.54) is 80.0 Å². The molecule has 3 N–H and O–H groups in total. The van der Waals surface area contributed by atoms with E-state index in [-0.39, 0.29) is 107 Å². The molecule has 5 rings (SSSR count). The Hall–Kier alpha value is -7.14. The van der Waals surface area contributed by atoms with Gasteiger partial charge in [-0.1, -0.05) is 103 Å². The van der Waals surface area contributed by atoms with Crippen LogP contribution in [0.1, 0.15) is 174 Å².